The highest BCUT2D eigenvalue weighted by Gasteiger charge is 2.04. The first-order valence-electron chi connectivity index (χ1n) is 4.59. The molecule has 1 aliphatic carbocycles. The van der Waals surface area contributed by atoms with Crippen molar-refractivity contribution >= 4 is 5.97 Å². The summed E-state index contributed by atoms with van der Waals surface area (Å²) >= 11 is 0. The molecular formula is C11H14O3. The molecule has 3 nitrogen and oxygen atoms in total. The van der Waals surface area contributed by atoms with Crippen LogP contribution in [-0.4, -0.2) is 17.7 Å². The first kappa shape index (κ1) is 10.6. The molecule has 0 heterocycles. The van der Waals surface area contributed by atoms with Gasteiger partial charge in [-0.2, -0.15) is 0 Å². The van der Waals surface area contributed by atoms with E-state index in [2.05, 4.69) is 6.58 Å². The first-order valence-corrected chi connectivity index (χ1v) is 4.59. The van der Waals surface area contributed by atoms with Gasteiger partial charge in [0.2, 0.25) is 0 Å². The maximum absolute atomic E-state index is 10.4. The van der Waals surface area contributed by atoms with E-state index < -0.39 is 5.97 Å². The minimum atomic E-state index is -0.924. The van der Waals surface area contributed by atoms with Gasteiger partial charge in [0.05, 0.1) is 12.4 Å². The lowest BCUT2D eigenvalue weighted by Gasteiger charge is -2.06. The third-order valence-corrected chi connectivity index (χ3v) is 1.95. The van der Waals surface area contributed by atoms with E-state index in [1.54, 1.807) is 0 Å². The predicted octanol–water partition coefficient (Wildman–Crippen LogP) is 2.27. The topological polar surface area (TPSA) is 46.5 Å². The zero-order valence-electron chi connectivity index (χ0n) is 8.03. The molecule has 0 radical (unpaired) electrons. The maximum atomic E-state index is 10.4. The number of ether oxygens (including phenoxy) is 1. The second-order valence-electron chi connectivity index (χ2n) is 3.13. The highest BCUT2D eigenvalue weighted by Crippen LogP contribution is 2.12. The number of allylic oxidation sites excluding steroid dienone is 3. The van der Waals surface area contributed by atoms with Crippen LogP contribution in [0.3, 0.4) is 0 Å². The van der Waals surface area contributed by atoms with Gasteiger partial charge in [0.15, 0.2) is 0 Å². The molecule has 0 atom stereocenters. The Balaban J connectivity index is 2.05. The third-order valence-electron chi connectivity index (χ3n) is 1.95. The van der Waals surface area contributed by atoms with Gasteiger partial charge in [-0.05, 0) is 18.9 Å². The molecule has 0 unspecified atom stereocenters. The molecule has 0 amide bonds. The molecule has 0 bridgehead atoms. The van der Waals surface area contributed by atoms with E-state index in [-0.39, 0.29) is 5.57 Å². The van der Waals surface area contributed by atoms with Gasteiger partial charge in [0.25, 0.3) is 0 Å². The van der Waals surface area contributed by atoms with Crippen LogP contribution >= 0.6 is 0 Å². The van der Waals surface area contributed by atoms with Crippen molar-refractivity contribution in [3.05, 3.63) is 36.1 Å². The monoisotopic (exact) mass is 194 g/mol. The van der Waals surface area contributed by atoms with Crippen LogP contribution in [0, 0.1) is 0 Å². The Kier molecular flexibility index (Phi) is 3.98. The molecule has 1 aliphatic rings. The summed E-state index contributed by atoms with van der Waals surface area (Å²) in [5.41, 5.74) is 0.243. The van der Waals surface area contributed by atoms with Crippen molar-refractivity contribution in [2.45, 2.75) is 19.3 Å². The molecule has 0 saturated carbocycles. The highest BCUT2D eigenvalue weighted by atomic mass is 16.5. The summed E-state index contributed by atoms with van der Waals surface area (Å²) in [6.45, 7) is 4.00. The van der Waals surface area contributed by atoms with E-state index in [1.807, 2.05) is 18.2 Å². The summed E-state index contributed by atoms with van der Waals surface area (Å²) < 4.78 is 5.40. The van der Waals surface area contributed by atoms with Crippen LogP contribution in [0.5, 0.6) is 0 Å². The normalized spacial score (nSPS) is 13.9. The summed E-state index contributed by atoms with van der Waals surface area (Å²) in [4.78, 5) is 10.4. The molecule has 0 aromatic rings. The SMILES string of the molecule is C=C(CCCOC1=CC=CC1)C(=O)O. The lowest BCUT2D eigenvalue weighted by Crippen LogP contribution is -2.01. The fourth-order valence-electron chi connectivity index (χ4n) is 1.13. The summed E-state index contributed by atoms with van der Waals surface area (Å²) in [5.74, 6) is 0.0256. The largest absolute Gasteiger partial charge is 0.498 e. The van der Waals surface area contributed by atoms with Crippen molar-refractivity contribution in [3.63, 3.8) is 0 Å². The number of carboxylic acid groups (broad SMARTS) is 1. The van der Waals surface area contributed by atoms with Crippen LogP contribution in [0.4, 0.5) is 0 Å². The van der Waals surface area contributed by atoms with Crippen LogP contribution in [0.25, 0.3) is 0 Å². The number of carboxylic acids is 1. The van der Waals surface area contributed by atoms with Crippen molar-refractivity contribution in [1.29, 1.82) is 0 Å². The standard InChI is InChI=1S/C11H14O3/c1-9(11(12)13)5-4-8-14-10-6-2-3-7-10/h2-3,6H,1,4-5,7-8H2,(H,12,13). The Morgan fingerprint density at radius 1 is 1.64 bits per heavy atom. The van der Waals surface area contributed by atoms with Gasteiger partial charge in [-0.25, -0.2) is 4.79 Å². The first-order chi connectivity index (χ1) is 6.70. The number of hydrogen-bond acceptors (Lipinski definition) is 2. The van der Waals surface area contributed by atoms with E-state index in [4.69, 9.17) is 9.84 Å². The van der Waals surface area contributed by atoms with E-state index >= 15 is 0 Å². The smallest absolute Gasteiger partial charge is 0.330 e. The number of hydrogen-bond donors (Lipinski definition) is 1. The number of rotatable bonds is 6. The zero-order chi connectivity index (χ0) is 10.4. The summed E-state index contributed by atoms with van der Waals surface area (Å²) in [6.07, 6.45) is 7.92. The van der Waals surface area contributed by atoms with Crippen LogP contribution in [0.15, 0.2) is 36.1 Å². The Bertz CT molecular complexity index is 283. The number of aliphatic carboxylic acids is 1. The minimum Gasteiger partial charge on any atom is -0.498 e. The predicted molar refractivity (Wildman–Crippen MR) is 53.8 cm³/mol. The van der Waals surface area contributed by atoms with Crippen LogP contribution in [0.1, 0.15) is 19.3 Å². The minimum absolute atomic E-state index is 0.243. The van der Waals surface area contributed by atoms with E-state index in [0.717, 1.165) is 12.2 Å². The van der Waals surface area contributed by atoms with Crippen molar-refractivity contribution in [1.82, 2.24) is 0 Å². The van der Waals surface area contributed by atoms with E-state index in [0.29, 0.717) is 19.4 Å². The lowest BCUT2D eigenvalue weighted by molar-refractivity contribution is -0.132. The summed E-state index contributed by atoms with van der Waals surface area (Å²) in [5, 5.41) is 8.53. The van der Waals surface area contributed by atoms with Gasteiger partial charge >= 0.3 is 5.97 Å². The third kappa shape index (κ3) is 3.47. The maximum Gasteiger partial charge on any atom is 0.330 e. The Morgan fingerprint density at radius 3 is 3.00 bits per heavy atom. The molecule has 0 aromatic carbocycles. The average molecular weight is 194 g/mol. The molecule has 0 saturated heterocycles. The quantitative estimate of drug-likeness (QED) is 0.521. The van der Waals surface area contributed by atoms with Gasteiger partial charge in [0, 0.05) is 12.0 Å². The van der Waals surface area contributed by atoms with Gasteiger partial charge in [0.1, 0.15) is 0 Å². The van der Waals surface area contributed by atoms with Gasteiger partial charge in [-0.15, -0.1) is 0 Å². The molecule has 76 valence electrons. The fourth-order valence-corrected chi connectivity index (χ4v) is 1.13. The molecule has 0 spiro atoms. The molecular weight excluding hydrogens is 180 g/mol. The molecule has 1 N–H and O–H groups in total. The molecule has 0 fully saturated rings. The summed E-state index contributed by atoms with van der Waals surface area (Å²) in [6, 6.07) is 0. The molecule has 3 heteroatoms. The van der Waals surface area contributed by atoms with Crippen LogP contribution < -0.4 is 0 Å². The van der Waals surface area contributed by atoms with E-state index in [1.165, 1.54) is 0 Å². The molecule has 1 rings (SSSR count). The fraction of sp³-hybridized carbons (Fsp3) is 0.364. The van der Waals surface area contributed by atoms with Crippen molar-refractivity contribution in [3.8, 4) is 0 Å². The molecule has 0 aliphatic heterocycles. The average Bonchev–Trinajstić information content (AvgIpc) is 2.64. The second kappa shape index (κ2) is 5.27. The van der Waals surface area contributed by atoms with Crippen LogP contribution in [0.2, 0.25) is 0 Å². The van der Waals surface area contributed by atoms with Gasteiger partial charge < -0.3 is 9.84 Å². The van der Waals surface area contributed by atoms with Gasteiger partial charge in [-0.1, -0.05) is 18.7 Å². The second-order valence-corrected chi connectivity index (χ2v) is 3.13. The lowest BCUT2D eigenvalue weighted by atomic mass is 10.2. The van der Waals surface area contributed by atoms with E-state index in [9.17, 15) is 4.79 Å². The van der Waals surface area contributed by atoms with Crippen molar-refractivity contribution in [2.24, 2.45) is 0 Å². The highest BCUT2D eigenvalue weighted by molar-refractivity contribution is 5.85. The summed E-state index contributed by atoms with van der Waals surface area (Å²) in [7, 11) is 0. The Morgan fingerprint density at radius 2 is 2.43 bits per heavy atom. The Hall–Kier alpha value is -1.51. The molecule has 14 heavy (non-hydrogen) atoms. The zero-order valence-corrected chi connectivity index (χ0v) is 8.03. The Labute approximate surface area is 83.4 Å². The van der Waals surface area contributed by atoms with Gasteiger partial charge in [-0.3, -0.25) is 0 Å². The molecule has 0 aromatic heterocycles. The van der Waals surface area contributed by atoms with Crippen LogP contribution in [-0.2, 0) is 9.53 Å². The number of carbonyl (C=O) groups is 1. The van der Waals surface area contributed by atoms with Crippen molar-refractivity contribution < 1.29 is 14.6 Å². The van der Waals surface area contributed by atoms with Crippen molar-refractivity contribution in [2.75, 3.05) is 6.61 Å².